The number of carbonyl (C=O) groups is 1. The molecular weight excluding hydrogens is 282 g/mol. The smallest absolute Gasteiger partial charge is 0.163 e. The highest BCUT2D eigenvalue weighted by atomic mass is 16.1. The highest BCUT2D eigenvalue weighted by Crippen LogP contribution is 2.29. The number of carbonyl (C=O) groups excluding carboxylic acids is 1. The van der Waals surface area contributed by atoms with Crippen LogP contribution in [0.3, 0.4) is 0 Å². The number of ketones is 1. The first kappa shape index (κ1) is 17.3. The van der Waals surface area contributed by atoms with Crippen molar-refractivity contribution in [2.75, 3.05) is 18.0 Å². The monoisotopic (exact) mass is 309 g/mol. The Morgan fingerprint density at radius 2 is 1.65 bits per heavy atom. The molecule has 0 heterocycles. The van der Waals surface area contributed by atoms with E-state index in [9.17, 15) is 4.79 Å². The lowest BCUT2D eigenvalue weighted by Crippen LogP contribution is -2.22. The van der Waals surface area contributed by atoms with Gasteiger partial charge in [0.15, 0.2) is 5.78 Å². The Hall–Kier alpha value is -2.09. The maximum Gasteiger partial charge on any atom is 0.163 e. The summed E-state index contributed by atoms with van der Waals surface area (Å²) in [6.07, 6.45) is 2.61. The zero-order valence-corrected chi connectivity index (χ0v) is 14.5. The number of nitrogens with zero attached hydrogens (tertiary/aromatic N) is 1. The van der Waals surface area contributed by atoms with Crippen molar-refractivity contribution in [3.63, 3.8) is 0 Å². The van der Waals surface area contributed by atoms with Gasteiger partial charge in [0.1, 0.15) is 0 Å². The molecule has 0 bridgehead atoms. The Bertz CT molecular complexity index is 630. The van der Waals surface area contributed by atoms with Gasteiger partial charge in [-0.1, -0.05) is 49.7 Å². The molecule has 2 aromatic rings. The van der Waals surface area contributed by atoms with Crippen molar-refractivity contribution >= 4 is 11.5 Å². The molecule has 0 radical (unpaired) electrons. The molecule has 0 spiro atoms. The molecule has 0 saturated carbocycles. The Kier molecular flexibility index (Phi) is 6.40. The van der Waals surface area contributed by atoms with E-state index in [2.05, 4.69) is 56.0 Å². The largest absolute Gasteiger partial charge is 0.372 e. The summed E-state index contributed by atoms with van der Waals surface area (Å²) in [5, 5.41) is 0. The van der Waals surface area contributed by atoms with Gasteiger partial charge in [0, 0.05) is 30.8 Å². The minimum absolute atomic E-state index is 0.250. The third-order valence-corrected chi connectivity index (χ3v) is 4.27. The summed E-state index contributed by atoms with van der Waals surface area (Å²) >= 11 is 0. The molecular formula is C21H27NO. The fourth-order valence-electron chi connectivity index (χ4n) is 2.89. The molecule has 0 unspecified atom stereocenters. The zero-order chi connectivity index (χ0) is 16.7. The van der Waals surface area contributed by atoms with Gasteiger partial charge in [-0.15, -0.1) is 0 Å². The number of hydrogen-bond acceptors (Lipinski definition) is 2. The lowest BCUT2D eigenvalue weighted by atomic mass is 9.94. The number of anilines is 1. The van der Waals surface area contributed by atoms with Crippen LogP contribution in [0.2, 0.25) is 0 Å². The highest BCUT2D eigenvalue weighted by Gasteiger charge is 2.15. The van der Waals surface area contributed by atoms with E-state index in [1.54, 1.807) is 0 Å². The van der Waals surface area contributed by atoms with Gasteiger partial charge in [-0.3, -0.25) is 4.79 Å². The molecule has 0 aliphatic rings. The predicted octanol–water partition coefficient (Wildman–Crippen LogP) is 5.57. The number of rotatable bonds is 8. The number of Topliss-reactive ketones (excluding diaryl/α,β-unsaturated/α-hetero) is 1. The van der Waals surface area contributed by atoms with Gasteiger partial charge in [-0.2, -0.15) is 0 Å². The Morgan fingerprint density at radius 1 is 0.957 bits per heavy atom. The van der Waals surface area contributed by atoms with Gasteiger partial charge in [0.25, 0.3) is 0 Å². The molecule has 0 saturated heterocycles. The second-order valence-electron chi connectivity index (χ2n) is 5.79. The van der Waals surface area contributed by atoms with Crippen LogP contribution in [0.25, 0.3) is 11.1 Å². The van der Waals surface area contributed by atoms with Crippen LogP contribution in [-0.4, -0.2) is 18.9 Å². The third kappa shape index (κ3) is 4.22. The van der Waals surface area contributed by atoms with Gasteiger partial charge in [0.05, 0.1) is 0 Å². The molecule has 0 fully saturated rings. The fourth-order valence-corrected chi connectivity index (χ4v) is 2.89. The molecule has 0 N–H and O–H groups in total. The van der Waals surface area contributed by atoms with Crippen LogP contribution in [-0.2, 0) is 0 Å². The summed E-state index contributed by atoms with van der Waals surface area (Å²) in [5.74, 6) is 0.250. The normalized spacial score (nSPS) is 10.6. The molecule has 2 rings (SSSR count). The van der Waals surface area contributed by atoms with Crippen LogP contribution in [0.4, 0.5) is 5.69 Å². The van der Waals surface area contributed by atoms with Crippen molar-refractivity contribution < 1.29 is 4.79 Å². The van der Waals surface area contributed by atoms with Gasteiger partial charge >= 0.3 is 0 Å². The van der Waals surface area contributed by atoms with E-state index in [-0.39, 0.29) is 5.78 Å². The SMILES string of the molecule is CCCCC(=O)c1cc(N(CC)CC)ccc1-c1ccccc1. The second kappa shape index (κ2) is 8.52. The van der Waals surface area contributed by atoms with Crippen molar-refractivity contribution in [2.24, 2.45) is 0 Å². The van der Waals surface area contributed by atoms with Gasteiger partial charge in [-0.25, -0.2) is 0 Å². The standard InChI is InChI=1S/C21H27NO/c1-4-7-13-21(23)20-16-18(22(5-2)6-3)14-15-19(20)17-11-9-8-10-12-17/h8-12,14-16H,4-7,13H2,1-3H3. The van der Waals surface area contributed by atoms with Crippen LogP contribution in [0, 0.1) is 0 Å². The van der Waals surface area contributed by atoms with E-state index in [0.29, 0.717) is 6.42 Å². The predicted molar refractivity (Wildman–Crippen MR) is 99.3 cm³/mol. The average Bonchev–Trinajstić information content (AvgIpc) is 2.61. The summed E-state index contributed by atoms with van der Waals surface area (Å²) in [5.41, 5.74) is 4.14. The third-order valence-electron chi connectivity index (χ3n) is 4.27. The molecule has 2 aromatic carbocycles. The van der Waals surface area contributed by atoms with Crippen molar-refractivity contribution in [3.8, 4) is 11.1 Å². The number of benzene rings is 2. The van der Waals surface area contributed by atoms with Gasteiger partial charge < -0.3 is 4.90 Å². The molecule has 0 amide bonds. The van der Waals surface area contributed by atoms with Crippen molar-refractivity contribution in [1.29, 1.82) is 0 Å². The summed E-state index contributed by atoms with van der Waals surface area (Å²) in [6, 6.07) is 16.5. The second-order valence-corrected chi connectivity index (χ2v) is 5.79. The maximum atomic E-state index is 12.7. The molecule has 2 nitrogen and oxygen atoms in total. The average molecular weight is 309 g/mol. The van der Waals surface area contributed by atoms with Crippen molar-refractivity contribution in [3.05, 3.63) is 54.1 Å². The zero-order valence-electron chi connectivity index (χ0n) is 14.5. The first-order chi connectivity index (χ1) is 11.2. The van der Waals surface area contributed by atoms with E-state index in [1.165, 1.54) is 0 Å². The molecule has 0 aliphatic heterocycles. The molecule has 2 heteroatoms. The van der Waals surface area contributed by atoms with E-state index in [0.717, 1.165) is 48.3 Å². The Morgan fingerprint density at radius 3 is 2.26 bits per heavy atom. The van der Waals surface area contributed by atoms with Crippen molar-refractivity contribution in [1.82, 2.24) is 0 Å². The van der Waals surface area contributed by atoms with Crippen LogP contribution < -0.4 is 4.90 Å². The van der Waals surface area contributed by atoms with E-state index in [4.69, 9.17) is 0 Å². The Labute approximate surface area is 140 Å². The number of hydrogen-bond donors (Lipinski definition) is 0. The molecule has 0 aromatic heterocycles. The summed E-state index contributed by atoms with van der Waals surface area (Å²) in [4.78, 5) is 15.0. The maximum absolute atomic E-state index is 12.7. The van der Waals surface area contributed by atoms with Crippen LogP contribution >= 0.6 is 0 Å². The summed E-state index contributed by atoms with van der Waals surface area (Å²) in [7, 11) is 0. The van der Waals surface area contributed by atoms with E-state index < -0.39 is 0 Å². The Balaban J connectivity index is 2.47. The first-order valence-corrected chi connectivity index (χ1v) is 8.68. The van der Waals surface area contributed by atoms with Gasteiger partial charge in [0.2, 0.25) is 0 Å². The molecule has 23 heavy (non-hydrogen) atoms. The van der Waals surface area contributed by atoms with E-state index >= 15 is 0 Å². The summed E-state index contributed by atoms with van der Waals surface area (Å²) < 4.78 is 0. The highest BCUT2D eigenvalue weighted by molar-refractivity contribution is 6.03. The van der Waals surface area contributed by atoms with Crippen molar-refractivity contribution in [2.45, 2.75) is 40.0 Å². The minimum Gasteiger partial charge on any atom is -0.372 e. The first-order valence-electron chi connectivity index (χ1n) is 8.68. The van der Waals surface area contributed by atoms with E-state index in [1.807, 2.05) is 18.2 Å². The summed E-state index contributed by atoms with van der Waals surface area (Å²) in [6.45, 7) is 8.31. The quantitative estimate of drug-likeness (QED) is 0.594. The number of unbranched alkanes of at least 4 members (excludes halogenated alkanes) is 1. The lowest BCUT2D eigenvalue weighted by Gasteiger charge is -2.22. The van der Waals surface area contributed by atoms with Crippen LogP contribution in [0.5, 0.6) is 0 Å². The topological polar surface area (TPSA) is 20.3 Å². The fraction of sp³-hybridized carbons (Fsp3) is 0.381. The molecule has 122 valence electrons. The lowest BCUT2D eigenvalue weighted by molar-refractivity contribution is 0.0980. The molecule has 0 aliphatic carbocycles. The van der Waals surface area contributed by atoms with Gasteiger partial charge in [-0.05, 0) is 43.5 Å². The minimum atomic E-state index is 0.250. The van der Waals surface area contributed by atoms with Crippen LogP contribution in [0.1, 0.15) is 50.4 Å². The molecule has 0 atom stereocenters. The van der Waals surface area contributed by atoms with Crippen LogP contribution in [0.15, 0.2) is 48.5 Å².